The van der Waals surface area contributed by atoms with Gasteiger partial charge in [0.05, 0.1) is 0 Å². The van der Waals surface area contributed by atoms with E-state index >= 15 is 0 Å². The number of alkyl halides is 1. The van der Waals surface area contributed by atoms with Crippen molar-refractivity contribution < 1.29 is 4.79 Å². The monoisotopic (exact) mass is 250 g/mol. The molecule has 14 heavy (non-hydrogen) atoms. The first kappa shape index (κ1) is 11.8. The molecule has 1 rings (SSSR count). The molecular weight excluding hydrogens is 242 g/mol. The highest BCUT2D eigenvalue weighted by atomic mass is 35.5. The van der Waals surface area contributed by atoms with Crippen LogP contribution in [0.1, 0.15) is 11.1 Å². The van der Waals surface area contributed by atoms with Gasteiger partial charge in [-0.15, -0.1) is 11.6 Å². The van der Waals surface area contributed by atoms with Gasteiger partial charge in [0.25, 0.3) is 0 Å². The van der Waals surface area contributed by atoms with E-state index in [1.165, 1.54) is 0 Å². The van der Waals surface area contributed by atoms with Crippen molar-refractivity contribution in [3.05, 3.63) is 34.3 Å². The van der Waals surface area contributed by atoms with Gasteiger partial charge < -0.3 is 0 Å². The molecule has 0 aliphatic rings. The van der Waals surface area contributed by atoms with Crippen molar-refractivity contribution in [1.82, 2.24) is 0 Å². The van der Waals surface area contributed by atoms with Crippen molar-refractivity contribution in [1.29, 1.82) is 0 Å². The normalized spacial score (nSPS) is 12.6. The van der Waals surface area contributed by atoms with E-state index in [9.17, 15) is 4.79 Å². The Balaban J connectivity index is 2.85. The summed E-state index contributed by atoms with van der Waals surface area (Å²) in [4.78, 5) is 10.7. The molecule has 0 aliphatic carbocycles. The van der Waals surface area contributed by atoms with Crippen LogP contribution in [-0.2, 0) is 11.2 Å². The predicted octanol–water partition coefficient (Wildman–Crippen LogP) is 3.56. The van der Waals surface area contributed by atoms with Crippen LogP contribution in [0.4, 0.5) is 0 Å². The van der Waals surface area contributed by atoms with Crippen LogP contribution < -0.4 is 0 Å². The summed E-state index contributed by atoms with van der Waals surface area (Å²) in [5, 5.41) is -0.587. The molecule has 0 heterocycles. The molecular formula is C10H9Cl3O. The van der Waals surface area contributed by atoms with Crippen LogP contribution in [0, 0.1) is 6.92 Å². The van der Waals surface area contributed by atoms with Gasteiger partial charge in [-0.2, -0.15) is 0 Å². The first-order valence-corrected chi connectivity index (χ1v) is 5.28. The number of carbonyl (C=O) groups is 1. The Hall–Kier alpha value is -0.240. The molecule has 0 amide bonds. The van der Waals surface area contributed by atoms with E-state index in [4.69, 9.17) is 34.8 Å². The minimum atomic E-state index is -0.686. The topological polar surface area (TPSA) is 17.1 Å². The minimum absolute atomic E-state index is 0.413. The fourth-order valence-electron chi connectivity index (χ4n) is 1.13. The van der Waals surface area contributed by atoms with Gasteiger partial charge in [-0.05, 0) is 48.2 Å². The zero-order valence-electron chi connectivity index (χ0n) is 7.56. The Kier molecular flexibility index (Phi) is 4.24. The average Bonchev–Trinajstić information content (AvgIpc) is 2.11. The third kappa shape index (κ3) is 3.16. The summed E-state index contributed by atoms with van der Waals surface area (Å²) in [6.07, 6.45) is 0.413. The molecule has 0 saturated carbocycles. The van der Waals surface area contributed by atoms with Crippen LogP contribution in [0.2, 0.25) is 5.02 Å². The Morgan fingerprint density at radius 3 is 2.71 bits per heavy atom. The molecule has 0 bridgehead atoms. The molecule has 76 valence electrons. The minimum Gasteiger partial charge on any atom is -0.280 e. The Labute approximate surface area is 98.0 Å². The number of hydrogen-bond acceptors (Lipinski definition) is 1. The summed E-state index contributed by atoms with van der Waals surface area (Å²) < 4.78 is 0. The summed E-state index contributed by atoms with van der Waals surface area (Å²) in [6.45, 7) is 1.94. The van der Waals surface area contributed by atoms with Gasteiger partial charge in [0.2, 0.25) is 5.24 Å². The molecule has 0 saturated heterocycles. The third-order valence-electron chi connectivity index (χ3n) is 1.96. The zero-order valence-corrected chi connectivity index (χ0v) is 9.83. The van der Waals surface area contributed by atoms with Crippen molar-refractivity contribution in [3.63, 3.8) is 0 Å². The smallest absolute Gasteiger partial charge is 0.239 e. The highest BCUT2D eigenvalue weighted by Crippen LogP contribution is 2.19. The fraction of sp³-hybridized carbons (Fsp3) is 0.300. The molecule has 4 heteroatoms. The maximum absolute atomic E-state index is 10.7. The molecule has 0 spiro atoms. The number of aryl methyl sites for hydroxylation is 1. The fourth-order valence-corrected chi connectivity index (χ4v) is 1.57. The van der Waals surface area contributed by atoms with E-state index in [2.05, 4.69) is 0 Å². The van der Waals surface area contributed by atoms with Crippen LogP contribution in [0.5, 0.6) is 0 Å². The van der Waals surface area contributed by atoms with Crippen molar-refractivity contribution in [3.8, 4) is 0 Å². The molecule has 1 atom stereocenters. The maximum Gasteiger partial charge on any atom is 0.239 e. The zero-order chi connectivity index (χ0) is 10.7. The summed E-state index contributed by atoms with van der Waals surface area (Å²) in [5.74, 6) is 0. The van der Waals surface area contributed by atoms with E-state index < -0.39 is 10.6 Å². The molecule has 0 radical (unpaired) electrons. The van der Waals surface area contributed by atoms with E-state index in [1.54, 1.807) is 12.1 Å². The van der Waals surface area contributed by atoms with E-state index in [0.717, 1.165) is 11.1 Å². The van der Waals surface area contributed by atoms with E-state index in [1.807, 2.05) is 13.0 Å². The van der Waals surface area contributed by atoms with Gasteiger partial charge >= 0.3 is 0 Å². The van der Waals surface area contributed by atoms with Crippen LogP contribution in [0.15, 0.2) is 18.2 Å². The highest BCUT2D eigenvalue weighted by molar-refractivity contribution is 6.69. The van der Waals surface area contributed by atoms with Gasteiger partial charge in [-0.3, -0.25) is 4.79 Å². The SMILES string of the molecule is Cc1ccc(Cl)cc1CC(Cl)C(=O)Cl. The van der Waals surface area contributed by atoms with E-state index in [-0.39, 0.29) is 0 Å². The van der Waals surface area contributed by atoms with E-state index in [0.29, 0.717) is 11.4 Å². The number of rotatable bonds is 3. The first-order chi connectivity index (χ1) is 6.50. The number of carbonyl (C=O) groups excluding carboxylic acids is 1. The second kappa shape index (κ2) is 5.01. The summed E-state index contributed by atoms with van der Waals surface area (Å²) >= 11 is 16.8. The lowest BCUT2D eigenvalue weighted by molar-refractivity contribution is -0.111. The standard InChI is InChI=1S/C10H9Cl3O/c1-6-2-3-8(11)4-7(6)5-9(12)10(13)14/h2-4,9H,5H2,1H3. The Morgan fingerprint density at radius 1 is 1.50 bits per heavy atom. The molecule has 0 N–H and O–H groups in total. The summed E-state index contributed by atoms with van der Waals surface area (Å²) in [5.41, 5.74) is 2.00. The average molecular weight is 252 g/mol. The first-order valence-electron chi connectivity index (χ1n) is 4.09. The predicted molar refractivity (Wildman–Crippen MR) is 60.4 cm³/mol. The largest absolute Gasteiger partial charge is 0.280 e. The van der Waals surface area contributed by atoms with Crippen molar-refractivity contribution in [2.45, 2.75) is 18.7 Å². The van der Waals surface area contributed by atoms with Gasteiger partial charge in [0.15, 0.2) is 0 Å². The lowest BCUT2D eigenvalue weighted by atomic mass is 10.0. The lowest BCUT2D eigenvalue weighted by Crippen LogP contribution is -2.11. The molecule has 0 aromatic heterocycles. The molecule has 1 aromatic rings. The number of benzene rings is 1. The quantitative estimate of drug-likeness (QED) is 0.593. The van der Waals surface area contributed by atoms with Crippen LogP contribution in [0.25, 0.3) is 0 Å². The summed E-state index contributed by atoms with van der Waals surface area (Å²) in [6, 6.07) is 5.48. The van der Waals surface area contributed by atoms with Crippen molar-refractivity contribution >= 4 is 40.0 Å². The van der Waals surface area contributed by atoms with Crippen LogP contribution >= 0.6 is 34.8 Å². The highest BCUT2D eigenvalue weighted by Gasteiger charge is 2.14. The molecule has 1 unspecified atom stereocenters. The number of halogens is 3. The number of hydrogen-bond donors (Lipinski definition) is 0. The van der Waals surface area contributed by atoms with Crippen molar-refractivity contribution in [2.24, 2.45) is 0 Å². The maximum atomic E-state index is 10.7. The summed E-state index contributed by atoms with van der Waals surface area (Å²) in [7, 11) is 0. The second-order valence-electron chi connectivity index (χ2n) is 3.05. The lowest BCUT2D eigenvalue weighted by Gasteiger charge is -2.08. The second-order valence-corrected chi connectivity index (χ2v) is 4.38. The Bertz CT molecular complexity index is 349. The molecule has 1 aromatic carbocycles. The van der Waals surface area contributed by atoms with Gasteiger partial charge in [-0.25, -0.2) is 0 Å². The van der Waals surface area contributed by atoms with Crippen LogP contribution in [-0.4, -0.2) is 10.6 Å². The van der Waals surface area contributed by atoms with Gasteiger partial charge in [0.1, 0.15) is 5.38 Å². The Morgan fingerprint density at radius 2 is 2.14 bits per heavy atom. The van der Waals surface area contributed by atoms with Crippen molar-refractivity contribution in [2.75, 3.05) is 0 Å². The van der Waals surface area contributed by atoms with Gasteiger partial charge in [-0.1, -0.05) is 17.7 Å². The molecule has 1 nitrogen and oxygen atoms in total. The molecule has 0 aliphatic heterocycles. The molecule has 0 fully saturated rings. The van der Waals surface area contributed by atoms with Gasteiger partial charge in [0, 0.05) is 5.02 Å². The van der Waals surface area contributed by atoms with Crippen LogP contribution in [0.3, 0.4) is 0 Å². The third-order valence-corrected chi connectivity index (χ3v) is 2.92.